The molecule has 1 aliphatic carbocycles. The van der Waals surface area contributed by atoms with E-state index in [-0.39, 0.29) is 0 Å². The van der Waals surface area contributed by atoms with Gasteiger partial charge in [-0.05, 0) is 18.9 Å². The highest BCUT2D eigenvalue weighted by Crippen LogP contribution is 2.55. The molecule has 2 aliphatic rings. The van der Waals surface area contributed by atoms with Crippen molar-refractivity contribution < 1.29 is 0 Å². The lowest BCUT2D eigenvalue weighted by molar-refractivity contribution is 0.773. The third kappa shape index (κ3) is 0.724. The molecule has 0 amide bonds. The van der Waals surface area contributed by atoms with Crippen LogP contribution in [0.4, 0.5) is 5.82 Å². The molecule has 1 fully saturated rings. The molecule has 3 heteroatoms. The maximum absolute atomic E-state index is 4.31. The zero-order chi connectivity index (χ0) is 8.18. The Balaban J connectivity index is 2.26. The molecule has 12 heavy (non-hydrogen) atoms. The van der Waals surface area contributed by atoms with E-state index in [9.17, 15) is 0 Å². The Morgan fingerprint density at radius 2 is 2.33 bits per heavy atom. The molecule has 0 radical (unpaired) electrons. The fourth-order valence-corrected chi connectivity index (χ4v) is 2.72. The van der Waals surface area contributed by atoms with E-state index in [1.807, 2.05) is 12.3 Å². The lowest BCUT2D eigenvalue weighted by Crippen LogP contribution is -2.08. The van der Waals surface area contributed by atoms with Crippen molar-refractivity contribution in [2.45, 2.75) is 18.3 Å². The highest BCUT2D eigenvalue weighted by atomic mass is 79.9. The predicted octanol–water partition coefficient (Wildman–Crippen LogP) is 2.30. The molecule has 0 unspecified atom stereocenters. The van der Waals surface area contributed by atoms with Crippen LogP contribution in [0.2, 0.25) is 0 Å². The molecule has 1 saturated carbocycles. The van der Waals surface area contributed by atoms with E-state index < -0.39 is 0 Å². The van der Waals surface area contributed by atoms with Crippen LogP contribution >= 0.6 is 15.9 Å². The number of halogens is 1. The highest BCUT2D eigenvalue weighted by molar-refractivity contribution is 9.10. The van der Waals surface area contributed by atoms with Crippen molar-refractivity contribution in [3.63, 3.8) is 0 Å². The Hall–Kier alpha value is -0.570. The van der Waals surface area contributed by atoms with Crippen molar-refractivity contribution in [1.29, 1.82) is 0 Å². The minimum Gasteiger partial charge on any atom is -0.369 e. The second-order valence-electron chi connectivity index (χ2n) is 3.65. The first-order valence-corrected chi connectivity index (χ1v) is 5.00. The average Bonchev–Trinajstić information content (AvgIpc) is 2.71. The van der Waals surface area contributed by atoms with Crippen LogP contribution in [0.5, 0.6) is 0 Å². The van der Waals surface area contributed by atoms with Gasteiger partial charge in [0.15, 0.2) is 0 Å². The molecule has 0 aromatic carbocycles. The van der Waals surface area contributed by atoms with Crippen molar-refractivity contribution in [2.24, 2.45) is 0 Å². The van der Waals surface area contributed by atoms with Crippen molar-refractivity contribution >= 4 is 21.7 Å². The molecule has 0 atom stereocenters. The predicted molar refractivity (Wildman–Crippen MR) is 51.3 cm³/mol. The van der Waals surface area contributed by atoms with Crippen molar-refractivity contribution in [1.82, 2.24) is 4.98 Å². The molecule has 3 rings (SSSR count). The quantitative estimate of drug-likeness (QED) is 0.732. The second kappa shape index (κ2) is 2.02. The largest absolute Gasteiger partial charge is 0.369 e. The number of hydrogen-bond acceptors (Lipinski definition) is 2. The van der Waals surface area contributed by atoms with Crippen LogP contribution in [0, 0.1) is 0 Å². The van der Waals surface area contributed by atoms with Gasteiger partial charge in [-0.2, -0.15) is 0 Å². The standard InChI is InChI=1S/C9H9BrN2/c10-6-1-4-11-8-7(6)9(2-3-9)5-12-8/h1,4H,2-3,5H2,(H,11,12). The summed E-state index contributed by atoms with van der Waals surface area (Å²) in [6.07, 6.45) is 4.48. The molecule has 1 aromatic heterocycles. The average molecular weight is 225 g/mol. The van der Waals surface area contributed by atoms with Crippen molar-refractivity contribution in [3.8, 4) is 0 Å². The summed E-state index contributed by atoms with van der Waals surface area (Å²) in [7, 11) is 0. The fraction of sp³-hybridized carbons (Fsp3) is 0.444. The van der Waals surface area contributed by atoms with E-state index in [1.165, 1.54) is 22.9 Å². The first-order valence-electron chi connectivity index (χ1n) is 4.21. The smallest absolute Gasteiger partial charge is 0.130 e. The summed E-state index contributed by atoms with van der Waals surface area (Å²) in [5.74, 6) is 1.09. The summed E-state index contributed by atoms with van der Waals surface area (Å²) >= 11 is 3.58. The van der Waals surface area contributed by atoms with Gasteiger partial charge < -0.3 is 5.32 Å². The van der Waals surface area contributed by atoms with Gasteiger partial charge in [0.2, 0.25) is 0 Å². The molecule has 62 valence electrons. The van der Waals surface area contributed by atoms with Crippen LogP contribution in [0.1, 0.15) is 18.4 Å². The summed E-state index contributed by atoms with van der Waals surface area (Å²) in [6, 6.07) is 2.03. The third-order valence-electron chi connectivity index (χ3n) is 2.88. The molecule has 0 bridgehead atoms. The summed E-state index contributed by atoms with van der Waals surface area (Å²) in [4.78, 5) is 4.31. The Morgan fingerprint density at radius 3 is 3.08 bits per heavy atom. The van der Waals surface area contributed by atoms with E-state index in [2.05, 4.69) is 26.2 Å². The summed E-state index contributed by atoms with van der Waals surface area (Å²) in [5, 5.41) is 3.35. The van der Waals surface area contributed by atoms with E-state index in [0.717, 1.165) is 12.4 Å². The van der Waals surface area contributed by atoms with Crippen LogP contribution in [-0.2, 0) is 5.41 Å². The number of anilines is 1. The zero-order valence-electron chi connectivity index (χ0n) is 6.60. The maximum atomic E-state index is 4.31. The van der Waals surface area contributed by atoms with Gasteiger partial charge in [-0.3, -0.25) is 0 Å². The van der Waals surface area contributed by atoms with Crippen LogP contribution < -0.4 is 5.32 Å². The van der Waals surface area contributed by atoms with Gasteiger partial charge in [0.1, 0.15) is 5.82 Å². The topological polar surface area (TPSA) is 24.9 Å². The summed E-state index contributed by atoms with van der Waals surface area (Å²) in [6.45, 7) is 1.08. The Labute approximate surface area is 79.5 Å². The number of hydrogen-bond donors (Lipinski definition) is 1. The molecule has 1 N–H and O–H groups in total. The number of rotatable bonds is 0. The van der Waals surface area contributed by atoms with E-state index in [4.69, 9.17) is 0 Å². The van der Waals surface area contributed by atoms with Gasteiger partial charge in [0.05, 0.1) is 0 Å². The molecular formula is C9H9BrN2. The van der Waals surface area contributed by atoms with Gasteiger partial charge in [-0.1, -0.05) is 15.9 Å². The first kappa shape index (κ1) is 6.89. The van der Waals surface area contributed by atoms with Crippen molar-refractivity contribution in [2.75, 3.05) is 11.9 Å². The number of nitrogens with one attached hydrogen (secondary N) is 1. The lowest BCUT2D eigenvalue weighted by atomic mass is 10.0. The minimum atomic E-state index is 0.447. The number of aromatic nitrogens is 1. The molecule has 2 heterocycles. The third-order valence-corrected chi connectivity index (χ3v) is 3.54. The van der Waals surface area contributed by atoms with Crippen LogP contribution in [0.15, 0.2) is 16.7 Å². The maximum Gasteiger partial charge on any atom is 0.130 e. The number of pyridine rings is 1. The molecular weight excluding hydrogens is 216 g/mol. The van der Waals surface area contributed by atoms with Gasteiger partial charge in [0.25, 0.3) is 0 Å². The number of nitrogens with zero attached hydrogens (tertiary/aromatic N) is 1. The van der Waals surface area contributed by atoms with Gasteiger partial charge in [0, 0.05) is 28.2 Å². The highest BCUT2D eigenvalue weighted by Gasteiger charge is 2.50. The Morgan fingerprint density at radius 1 is 1.50 bits per heavy atom. The van der Waals surface area contributed by atoms with Gasteiger partial charge in [-0.15, -0.1) is 0 Å². The van der Waals surface area contributed by atoms with Crippen LogP contribution in [0.3, 0.4) is 0 Å². The van der Waals surface area contributed by atoms with Crippen LogP contribution in [-0.4, -0.2) is 11.5 Å². The molecule has 0 saturated heterocycles. The monoisotopic (exact) mass is 224 g/mol. The summed E-state index contributed by atoms with van der Waals surface area (Å²) in [5.41, 5.74) is 1.85. The Bertz CT molecular complexity index is 344. The van der Waals surface area contributed by atoms with Gasteiger partial charge >= 0.3 is 0 Å². The lowest BCUT2D eigenvalue weighted by Gasteiger charge is -2.06. The molecule has 1 spiro atoms. The first-order chi connectivity index (χ1) is 5.82. The van der Waals surface area contributed by atoms with Crippen LogP contribution in [0.25, 0.3) is 0 Å². The molecule has 1 aromatic rings. The molecule has 2 nitrogen and oxygen atoms in total. The number of fused-ring (bicyclic) bond motifs is 2. The SMILES string of the molecule is Brc1ccnc2c1C1(CC1)CN2. The normalized spacial score (nSPS) is 22.1. The molecule has 1 aliphatic heterocycles. The zero-order valence-corrected chi connectivity index (χ0v) is 8.19. The van der Waals surface area contributed by atoms with E-state index in [0.29, 0.717) is 5.41 Å². The van der Waals surface area contributed by atoms with E-state index >= 15 is 0 Å². The minimum absolute atomic E-state index is 0.447. The summed E-state index contributed by atoms with van der Waals surface area (Å²) < 4.78 is 1.22. The second-order valence-corrected chi connectivity index (χ2v) is 4.50. The van der Waals surface area contributed by atoms with Gasteiger partial charge in [-0.25, -0.2) is 4.98 Å². The van der Waals surface area contributed by atoms with Crippen molar-refractivity contribution in [3.05, 3.63) is 22.3 Å². The van der Waals surface area contributed by atoms with E-state index in [1.54, 1.807) is 0 Å². The fourth-order valence-electron chi connectivity index (χ4n) is 2.00. The Kier molecular flexibility index (Phi) is 1.16.